The highest BCUT2D eigenvalue weighted by molar-refractivity contribution is 6.09. The Morgan fingerprint density at radius 2 is 1.61 bits per heavy atom. The molecule has 0 fully saturated rings. The fourth-order valence-corrected chi connectivity index (χ4v) is 2.50. The van der Waals surface area contributed by atoms with Gasteiger partial charge in [-0.25, -0.2) is 4.79 Å². The first-order valence-corrected chi connectivity index (χ1v) is 7.54. The molecular weight excluding hydrogens is 288 g/mol. The van der Waals surface area contributed by atoms with E-state index in [1.54, 1.807) is 30.3 Å². The molecule has 1 aromatic heterocycles. The molecule has 0 aliphatic rings. The summed E-state index contributed by atoms with van der Waals surface area (Å²) in [4.78, 5) is 24.7. The van der Waals surface area contributed by atoms with Crippen LogP contribution in [0.5, 0.6) is 0 Å². The van der Waals surface area contributed by atoms with E-state index in [0.29, 0.717) is 11.1 Å². The van der Waals surface area contributed by atoms with Crippen LogP contribution in [0.1, 0.15) is 42.3 Å². The zero-order chi connectivity index (χ0) is 16.6. The number of ketones is 1. The van der Waals surface area contributed by atoms with E-state index in [1.165, 1.54) is 0 Å². The van der Waals surface area contributed by atoms with Crippen molar-refractivity contribution in [1.29, 1.82) is 0 Å². The lowest BCUT2D eigenvalue weighted by atomic mass is 9.86. The Morgan fingerprint density at radius 3 is 2.26 bits per heavy atom. The summed E-state index contributed by atoms with van der Waals surface area (Å²) in [5.74, 6) is -0.315. The normalized spacial score (nSPS) is 11.6. The minimum absolute atomic E-state index is 0.0174. The standard InChI is InChI=1S/C20H18O3/c1-20(2,3)15-10-8-13(9-11-15)18(21)16-12-14-6-4-5-7-17(14)23-19(16)22/h4-12H,1-3H3. The van der Waals surface area contributed by atoms with Crippen molar-refractivity contribution in [2.45, 2.75) is 26.2 Å². The van der Waals surface area contributed by atoms with Crippen LogP contribution in [0, 0.1) is 0 Å². The molecule has 0 spiro atoms. The molecule has 1 heterocycles. The van der Waals surface area contributed by atoms with E-state index < -0.39 is 5.63 Å². The largest absolute Gasteiger partial charge is 0.422 e. The molecule has 3 rings (SSSR count). The summed E-state index contributed by atoms with van der Waals surface area (Å²) in [5, 5.41) is 0.738. The number of fused-ring (bicyclic) bond motifs is 1. The second-order valence-electron chi connectivity index (χ2n) is 6.64. The van der Waals surface area contributed by atoms with Gasteiger partial charge in [0.25, 0.3) is 0 Å². The molecule has 0 saturated heterocycles. The van der Waals surface area contributed by atoms with E-state index in [0.717, 1.165) is 10.9 Å². The first-order valence-electron chi connectivity index (χ1n) is 7.54. The number of carbonyl (C=O) groups is 1. The summed E-state index contributed by atoms with van der Waals surface area (Å²) in [6, 6.07) is 16.1. The van der Waals surface area contributed by atoms with Crippen LogP contribution in [0.4, 0.5) is 0 Å². The highest BCUT2D eigenvalue weighted by atomic mass is 16.4. The number of hydrogen-bond acceptors (Lipinski definition) is 3. The summed E-state index contributed by atoms with van der Waals surface area (Å²) in [7, 11) is 0. The zero-order valence-electron chi connectivity index (χ0n) is 13.4. The van der Waals surface area contributed by atoms with Gasteiger partial charge in [0, 0.05) is 10.9 Å². The first-order chi connectivity index (χ1) is 10.9. The van der Waals surface area contributed by atoms with Gasteiger partial charge in [-0.15, -0.1) is 0 Å². The molecule has 3 heteroatoms. The maximum atomic E-state index is 12.6. The molecule has 3 nitrogen and oxygen atoms in total. The molecule has 0 saturated carbocycles. The van der Waals surface area contributed by atoms with E-state index in [9.17, 15) is 9.59 Å². The van der Waals surface area contributed by atoms with Gasteiger partial charge in [0.2, 0.25) is 0 Å². The van der Waals surface area contributed by atoms with E-state index in [-0.39, 0.29) is 16.8 Å². The van der Waals surface area contributed by atoms with Crippen molar-refractivity contribution in [2.75, 3.05) is 0 Å². The van der Waals surface area contributed by atoms with Crippen LogP contribution >= 0.6 is 0 Å². The highest BCUT2D eigenvalue weighted by Gasteiger charge is 2.18. The quantitative estimate of drug-likeness (QED) is 0.523. The average Bonchev–Trinajstić information content (AvgIpc) is 2.53. The third-order valence-electron chi connectivity index (χ3n) is 3.90. The van der Waals surface area contributed by atoms with Crippen molar-refractivity contribution in [3.05, 3.63) is 81.7 Å². The predicted octanol–water partition coefficient (Wildman–Crippen LogP) is 4.32. The summed E-state index contributed by atoms with van der Waals surface area (Å²) in [5.41, 5.74) is 1.59. The molecule has 0 aliphatic carbocycles. The number of carbonyl (C=O) groups excluding carboxylic acids is 1. The number of benzene rings is 2. The van der Waals surface area contributed by atoms with Crippen LogP contribution in [-0.2, 0) is 5.41 Å². The van der Waals surface area contributed by atoms with E-state index in [2.05, 4.69) is 20.8 Å². The molecule has 23 heavy (non-hydrogen) atoms. The van der Waals surface area contributed by atoms with Gasteiger partial charge in [-0.2, -0.15) is 0 Å². The summed E-state index contributed by atoms with van der Waals surface area (Å²) in [6.45, 7) is 6.34. The molecule has 0 aliphatic heterocycles. The van der Waals surface area contributed by atoms with Crippen molar-refractivity contribution in [1.82, 2.24) is 0 Å². The third-order valence-corrected chi connectivity index (χ3v) is 3.90. The summed E-state index contributed by atoms with van der Waals surface area (Å²) < 4.78 is 5.24. The Hall–Kier alpha value is -2.68. The van der Waals surface area contributed by atoms with Gasteiger partial charge in [0.15, 0.2) is 5.78 Å². The molecule has 3 aromatic rings. The maximum absolute atomic E-state index is 12.6. The molecule has 116 valence electrons. The lowest BCUT2D eigenvalue weighted by Gasteiger charge is -2.18. The Balaban J connectivity index is 2.03. The van der Waals surface area contributed by atoms with Crippen LogP contribution in [0.3, 0.4) is 0 Å². The van der Waals surface area contributed by atoms with Gasteiger partial charge in [-0.1, -0.05) is 63.2 Å². The van der Waals surface area contributed by atoms with Crippen LogP contribution in [0.2, 0.25) is 0 Å². The van der Waals surface area contributed by atoms with E-state index in [4.69, 9.17) is 4.42 Å². The topological polar surface area (TPSA) is 47.3 Å². The maximum Gasteiger partial charge on any atom is 0.347 e. The van der Waals surface area contributed by atoms with Crippen molar-refractivity contribution < 1.29 is 9.21 Å². The second kappa shape index (κ2) is 5.51. The van der Waals surface area contributed by atoms with Gasteiger partial charge in [-0.3, -0.25) is 4.79 Å². The third kappa shape index (κ3) is 2.95. The fourth-order valence-electron chi connectivity index (χ4n) is 2.50. The van der Waals surface area contributed by atoms with Crippen LogP contribution in [-0.4, -0.2) is 5.78 Å². The fraction of sp³-hybridized carbons (Fsp3) is 0.200. The Morgan fingerprint density at radius 1 is 0.957 bits per heavy atom. The van der Waals surface area contributed by atoms with E-state index >= 15 is 0 Å². The molecule has 0 N–H and O–H groups in total. The predicted molar refractivity (Wildman–Crippen MR) is 91.1 cm³/mol. The molecule has 0 unspecified atom stereocenters. The molecule has 0 radical (unpaired) electrons. The van der Waals surface area contributed by atoms with Gasteiger partial charge in [0.05, 0.1) is 0 Å². The summed E-state index contributed by atoms with van der Waals surface area (Å²) in [6.07, 6.45) is 0. The molecular formula is C20H18O3. The number of para-hydroxylation sites is 1. The van der Waals surface area contributed by atoms with Gasteiger partial charge in [0.1, 0.15) is 11.1 Å². The van der Waals surface area contributed by atoms with E-state index in [1.807, 2.05) is 24.3 Å². The highest BCUT2D eigenvalue weighted by Crippen LogP contribution is 2.23. The van der Waals surface area contributed by atoms with Crippen LogP contribution in [0.25, 0.3) is 11.0 Å². The molecule has 0 atom stereocenters. The molecule has 2 aromatic carbocycles. The lowest BCUT2D eigenvalue weighted by Crippen LogP contribution is -2.15. The van der Waals surface area contributed by atoms with Gasteiger partial charge < -0.3 is 4.42 Å². The van der Waals surface area contributed by atoms with Crippen molar-refractivity contribution in [3.63, 3.8) is 0 Å². The van der Waals surface area contributed by atoms with Gasteiger partial charge >= 0.3 is 5.63 Å². The molecule has 0 amide bonds. The molecule has 0 bridgehead atoms. The van der Waals surface area contributed by atoms with Crippen LogP contribution < -0.4 is 5.63 Å². The Kier molecular flexibility index (Phi) is 3.64. The smallest absolute Gasteiger partial charge is 0.347 e. The first kappa shape index (κ1) is 15.2. The second-order valence-corrected chi connectivity index (χ2v) is 6.64. The van der Waals surface area contributed by atoms with Crippen molar-refractivity contribution >= 4 is 16.8 Å². The van der Waals surface area contributed by atoms with Crippen molar-refractivity contribution in [2.24, 2.45) is 0 Å². The van der Waals surface area contributed by atoms with Crippen LogP contribution in [0.15, 0.2) is 63.8 Å². The number of hydrogen-bond donors (Lipinski definition) is 0. The Labute approximate surface area is 134 Å². The zero-order valence-corrected chi connectivity index (χ0v) is 13.4. The lowest BCUT2D eigenvalue weighted by molar-refractivity contribution is 0.103. The SMILES string of the molecule is CC(C)(C)c1ccc(C(=O)c2cc3ccccc3oc2=O)cc1. The summed E-state index contributed by atoms with van der Waals surface area (Å²) >= 11 is 0. The monoisotopic (exact) mass is 306 g/mol. The van der Waals surface area contributed by atoms with Gasteiger partial charge in [-0.05, 0) is 23.1 Å². The Bertz CT molecular complexity index is 925. The number of rotatable bonds is 2. The van der Waals surface area contributed by atoms with Crippen molar-refractivity contribution in [3.8, 4) is 0 Å². The minimum Gasteiger partial charge on any atom is -0.422 e. The minimum atomic E-state index is -0.603. The average molecular weight is 306 g/mol.